The molecule has 0 aliphatic carbocycles. The molecule has 27 heavy (non-hydrogen) atoms. The molecular weight excluding hydrogens is 378 g/mol. The Bertz CT molecular complexity index is 724. The van der Waals surface area contributed by atoms with Crippen LogP contribution in [0.1, 0.15) is 22.1 Å². The second-order valence-electron chi connectivity index (χ2n) is 6.26. The number of hydrogen-bond acceptors (Lipinski definition) is 5. The van der Waals surface area contributed by atoms with Gasteiger partial charge in [-0.3, -0.25) is 4.98 Å². The van der Waals surface area contributed by atoms with Gasteiger partial charge in [-0.1, -0.05) is 18.2 Å². The highest BCUT2D eigenvalue weighted by molar-refractivity contribution is 8.16. The van der Waals surface area contributed by atoms with Crippen LogP contribution in [0.5, 0.6) is 0 Å². The van der Waals surface area contributed by atoms with Crippen molar-refractivity contribution in [1.82, 2.24) is 9.88 Å². The Morgan fingerprint density at radius 1 is 1.30 bits per heavy atom. The lowest BCUT2D eigenvalue weighted by Gasteiger charge is -2.24. The van der Waals surface area contributed by atoms with E-state index in [0.29, 0.717) is 24.3 Å². The fraction of sp³-hybridized carbons (Fsp3) is 0.400. The number of carbonyl (C=O) groups excluding carboxylic acids is 1. The lowest BCUT2D eigenvalue weighted by molar-refractivity contribution is 0.153. The largest absolute Gasteiger partial charge is 0.383 e. The third-order valence-electron chi connectivity index (χ3n) is 4.19. The minimum atomic E-state index is -0.128. The molecule has 0 bridgehead atoms. The summed E-state index contributed by atoms with van der Waals surface area (Å²) < 4.78 is 5.62. The van der Waals surface area contributed by atoms with Crippen LogP contribution in [0.3, 0.4) is 0 Å². The smallest absolute Gasteiger partial charge is 0.322 e. The second kappa shape index (κ2) is 10.6. The van der Waals surface area contributed by atoms with Crippen molar-refractivity contribution < 1.29 is 9.53 Å². The van der Waals surface area contributed by atoms with Gasteiger partial charge in [-0.2, -0.15) is 0 Å². The van der Waals surface area contributed by atoms with E-state index in [9.17, 15) is 4.79 Å². The van der Waals surface area contributed by atoms with Gasteiger partial charge in [-0.25, -0.2) is 4.79 Å². The summed E-state index contributed by atoms with van der Waals surface area (Å²) in [5, 5.41) is 3.04. The van der Waals surface area contributed by atoms with Gasteiger partial charge in [0.15, 0.2) is 0 Å². The van der Waals surface area contributed by atoms with E-state index >= 15 is 0 Å². The molecule has 1 saturated heterocycles. The molecule has 5 nitrogen and oxygen atoms in total. The zero-order chi connectivity index (χ0) is 18.9. The van der Waals surface area contributed by atoms with Crippen LogP contribution >= 0.6 is 23.5 Å². The standard InChI is InChI=1S/C20H25N3O2S2/c1-25-10-9-23(15-16-5-3-8-21-14-16)20(24)22-18-7-2-6-17(13-18)19-26-11-4-12-27-19/h2-3,5-8,13-14,19H,4,9-12,15H2,1H3,(H,22,24). The Labute approximate surface area is 169 Å². The maximum absolute atomic E-state index is 12.8. The molecule has 2 heterocycles. The van der Waals surface area contributed by atoms with Crippen LogP contribution in [0.15, 0.2) is 48.8 Å². The van der Waals surface area contributed by atoms with Gasteiger partial charge in [-0.15, -0.1) is 23.5 Å². The van der Waals surface area contributed by atoms with E-state index in [-0.39, 0.29) is 6.03 Å². The van der Waals surface area contributed by atoms with Gasteiger partial charge in [0.1, 0.15) is 0 Å². The Morgan fingerprint density at radius 3 is 2.89 bits per heavy atom. The summed E-state index contributed by atoms with van der Waals surface area (Å²) in [5.41, 5.74) is 3.09. The Hall–Kier alpha value is -1.70. The number of hydrogen-bond donors (Lipinski definition) is 1. The SMILES string of the molecule is COCCN(Cc1cccnc1)C(=O)Nc1cccc(C2SCCCS2)c1. The highest BCUT2D eigenvalue weighted by atomic mass is 32.2. The molecule has 144 valence electrons. The highest BCUT2D eigenvalue weighted by Crippen LogP contribution is 2.44. The zero-order valence-electron chi connectivity index (χ0n) is 15.5. The number of thioether (sulfide) groups is 2. The van der Waals surface area contributed by atoms with E-state index in [0.717, 1.165) is 11.3 Å². The Balaban J connectivity index is 1.67. The van der Waals surface area contributed by atoms with Crippen molar-refractivity contribution in [2.75, 3.05) is 37.1 Å². The predicted molar refractivity (Wildman–Crippen MR) is 114 cm³/mol. The molecule has 0 spiro atoms. The molecular formula is C20H25N3O2S2. The summed E-state index contributed by atoms with van der Waals surface area (Å²) in [6, 6.07) is 11.9. The van der Waals surface area contributed by atoms with Crippen molar-refractivity contribution in [3.63, 3.8) is 0 Å². The molecule has 7 heteroatoms. The van der Waals surface area contributed by atoms with Gasteiger partial charge >= 0.3 is 6.03 Å². The number of ether oxygens (including phenoxy) is 1. The van der Waals surface area contributed by atoms with E-state index in [2.05, 4.69) is 22.4 Å². The van der Waals surface area contributed by atoms with Crippen molar-refractivity contribution in [2.45, 2.75) is 17.5 Å². The molecule has 0 saturated carbocycles. The first-order chi connectivity index (χ1) is 13.3. The van der Waals surface area contributed by atoms with Gasteiger partial charge in [-0.05, 0) is 47.3 Å². The lowest BCUT2D eigenvalue weighted by atomic mass is 10.2. The summed E-state index contributed by atoms with van der Waals surface area (Å²) in [7, 11) is 1.64. The molecule has 1 aromatic carbocycles. The van der Waals surface area contributed by atoms with Gasteiger partial charge in [0, 0.05) is 38.3 Å². The van der Waals surface area contributed by atoms with E-state index in [4.69, 9.17) is 4.74 Å². The molecule has 0 unspecified atom stereocenters. The third kappa shape index (κ3) is 6.16. The average Bonchev–Trinajstić information content (AvgIpc) is 2.72. The minimum absolute atomic E-state index is 0.128. The first kappa shape index (κ1) is 20.0. The first-order valence-corrected chi connectivity index (χ1v) is 11.1. The lowest BCUT2D eigenvalue weighted by Crippen LogP contribution is -2.36. The number of methoxy groups -OCH3 is 1. The fourth-order valence-corrected chi connectivity index (χ4v) is 5.68. The van der Waals surface area contributed by atoms with Crippen LogP contribution in [-0.2, 0) is 11.3 Å². The molecule has 1 aliphatic rings. The summed E-state index contributed by atoms with van der Waals surface area (Å²) in [6.07, 6.45) is 4.78. The van der Waals surface area contributed by atoms with E-state index in [1.807, 2.05) is 47.8 Å². The van der Waals surface area contributed by atoms with Crippen LogP contribution in [-0.4, -0.2) is 47.7 Å². The molecule has 0 atom stereocenters. The number of benzene rings is 1. The number of aromatic nitrogens is 1. The Morgan fingerprint density at radius 2 is 2.15 bits per heavy atom. The average molecular weight is 404 g/mol. The molecule has 2 amide bonds. The van der Waals surface area contributed by atoms with Crippen molar-refractivity contribution >= 4 is 35.2 Å². The van der Waals surface area contributed by atoms with Crippen LogP contribution < -0.4 is 5.32 Å². The number of pyridine rings is 1. The van der Waals surface area contributed by atoms with Crippen molar-refractivity contribution in [1.29, 1.82) is 0 Å². The number of nitrogens with one attached hydrogen (secondary N) is 1. The number of rotatable bonds is 7. The number of anilines is 1. The van der Waals surface area contributed by atoms with E-state index in [1.54, 1.807) is 24.4 Å². The monoisotopic (exact) mass is 403 g/mol. The topological polar surface area (TPSA) is 54.5 Å². The van der Waals surface area contributed by atoms with Crippen LogP contribution in [0, 0.1) is 0 Å². The molecule has 3 rings (SSSR count). The number of nitrogens with zero attached hydrogens (tertiary/aromatic N) is 2. The third-order valence-corrected chi connectivity index (χ3v) is 7.20. The van der Waals surface area contributed by atoms with Gasteiger partial charge < -0.3 is 15.0 Å². The maximum atomic E-state index is 12.8. The number of carbonyl (C=O) groups is 1. The molecule has 1 aliphatic heterocycles. The molecule has 2 aromatic rings. The Kier molecular flexibility index (Phi) is 7.86. The van der Waals surface area contributed by atoms with Gasteiger partial charge in [0.05, 0.1) is 11.2 Å². The van der Waals surface area contributed by atoms with E-state index < -0.39 is 0 Å². The zero-order valence-corrected chi connectivity index (χ0v) is 17.1. The van der Waals surface area contributed by atoms with Crippen molar-refractivity contribution in [3.05, 3.63) is 59.9 Å². The van der Waals surface area contributed by atoms with Crippen LogP contribution in [0.4, 0.5) is 10.5 Å². The first-order valence-electron chi connectivity index (χ1n) is 9.03. The van der Waals surface area contributed by atoms with Gasteiger partial charge in [0.2, 0.25) is 0 Å². The predicted octanol–water partition coefficient (Wildman–Crippen LogP) is 4.63. The fourth-order valence-electron chi connectivity index (χ4n) is 2.81. The van der Waals surface area contributed by atoms with Crippen molar-refractivity contribution in [2.24, 2.45) is 0 Å². The van der Waals surface area contributed by atoms with Crippen molar-refractivity contribution in [3.8, 4) is 0 Å². The maximum Gasteiger partial charge on any atom is 0.322 e. The van der Waals surface area contributed by atoms with Crippen LogP contribution in [0.2, 0.25) is 0 Å². The molecule has 0 radical (unpaired) electrons. The summed E-state index contributed by atoms with van der Waals surface area (Å²) in [4.78, 5) is 18.7. The summed E-state index contributed by atoms with van der Waals surface area (Å²) in [5.74, 6) is 2.40. The summed E-state index contributed by atoms with van der Waals surface area (Å²) >= 11 is 3.96. The number of urea groups is 1. The van der Waals surface area contributed by atoms with Crippen LogP contribution in [0.25, 0.3) is 0 Å². The molecule has 1 fully saturated rings. The molecule has 1 aromatic heterocycles. The summed E-state index contributed by atoms with van der Waals surface area (Å²) in [6.45, 7) is 1.51. The highest BCUT2D eigenvalue weighted by Gasteiger charge is 2.18. The minimum Gasteiger partial charge on any atom is -0.383 e. The van der Waals surface area contributed by atoms with E-state index in [1.165, 1.54) is 23.5 Å². The normalized spacial score (nSPS) is 14.7. The molecule has 1 N–H and O–H groups in total. The van der Waals surface area contributed by atoms with Gasteiger partial charge in [0.25, 0.3) is 0 Å². The second-order valence-corrected chi connectivity index (χ2v) is 8.98. The quantitative estimate of drug-likeness (QED) is 0.730. The number of amides is 2.